The van der Waals surface area contributed by atoms with E-state index in [4.69, 9.17) is 0 Å². The van der Waals surface area contributed by atoms with Gasteiger partial charge in [-0.3, -0.25) is 0 Å². The summed E-state index contributed by atoms with van der Waals surface area (Å²) in [5, 5.41) is 5.47. The van der Waals surface area contributed by atoms with Crippen LogP contribution in [0.4, 0.5) is 0 Å². The van der Waals surface area contributed by atoms with Crippen LogP contribution in [0, 0.1) is 29.1 Å². The van der Waals surface area contributed by atoms with E-state index in [2.05, 4.69) is 77.8 Å². The van der Waals surface area contributed by atoms with E-state index in [0.29, 0.717) is 5.41 Å². The molecule has 2 spiro atoms. The Morgan fingerprint density at radius 2 is 1.41 bits per heavy atom. The maximum atomic E-state index is 4.01. The van der Waals surface area contributed by atoms with Gasteiger partial charge in [0.05, 0.1) is 5.52 Å². The van der Waals surface area contributed by atoms with Crippen LogP contribution in [0.5, 0.6) is 0 Å². The highest BCUT2D eigenvalue weighted by atomic mass is 14.8. The molecule has 1 heteroatoms. The molecule has 1 nitrogen and oxygen atoms in total. The van der Waals surface area contributed by atoms with Crippen LogP contribution in [0.1, 0.15) is 43.2 Å². The average Bonchev–Trinajstić information content (AvgIpc) is 3.52. The molecule has 0 aliphatic heterocycles. The number of hydrogen-bond acceptors (Lipinski definition) is 0. The Hall–Kier alpha value is -3.06. The second-order valence-corrected chi connectivity index (χ2v) is 12.4. The highest BCUT2D eigenvalue weighted by Gasteiger charge is 2.79. The largest absolute Gasteiger partial charge is 0.354 e. The van der Waals surface area contributed by atoms with Crippen LogP contribution in [-0.2, 0) is 5.41 Å². The summed E-state index contributed by atoms with van der Waals surface area (Å²) in [6, 6.07) is 28.0. The zero-order valence-corrected chi connectivity index (χ0v) is 19.3. The molecule has 0 radical (unpaired) electrons. The molecule has 34 heavy (non-hydrogen) atoms. The summed E-state index contributed by atoms with van der Waals surface area (Å²) in [6.45, 7) is 0. The number of hydrogen-bond donors (Lipinski definition) is 1. The summed E-state index contributed by atoms with van der Waals surface area (Å²) in [6.07, 6.45) is 7.48. The fourth-order valence-electron chi connectivity index (χ4n) is 10.8. The molecule has 1 N–H and O–H groups in total. The lowest BCUT2D eigenvalue weighted by Gasteiger charge is -2.64. The van der Waals surface area contributed by atoms with E-state index >= 15 is 0 Å². The van der Waals surface area contributed by atoms with Crippen molar-refractivity contribution in [3.63, 3.8) is 0 Å². The third-order valence-corrected chi connectivity index (χ3v) is 11.3. The van der Waals surface area contributed by atoms with Crippen LogP contribution < -0.4 is 0 Å². The predicted octanol–water partition coefficient (Wildman–Crippen LogP) is 8.20. The number of aromatic amines is 1. The van der Waals surface area contributed by atoms with Crippen molar-refractivity contribution in [1.82, 2.24) is 4.98 Å². The van der Waals surface area contributed by atoms with E-state index in [-0.39, 0.29) is 5.41 Å². The number of fused-ring (bicyclic) bond motifs is 14. The van der Waals surface area contributed by atoms with Gasteiger partial charge in [-0.25, -0.2) is 0 Å². The Balaban J connectivity index is 1.35. The molecule has 4 aromatic carbocycles. The summed E-state index contributed by atoms with van der Waals surface area (Å²) in [7, 11) is 0. The van der Waals surface area contributed by atoms with Gasteiger partial charge in [0.25, 0.3) is 0 Å². The van der Waals surface area contributed by atoms with Crippen molar-refractivity contribution in [2.75, 3.05) is 0 Å². The van der Waals surface area contributed by atoms with E-state index in [0.717, 1.165) is 23.7 Å². The minimum absolute atomic E-state index is 0.232. The van der Waals surface area contributed by atoms with E-state index in [1.54, 1.807) is 11.1 Å². The number of aromatic nitrogens is 1. The fraction of sp³-hybridized carbons (Fsp3) is 0.333. The second-order valence-electron chi connectivity index (χ2n) is 12.4. The number of H-pyrrole nitrogens is 1. The molecule has 164 valence electrons. The van der Waals surface area contributed by atoms with Gasteiger partial charge >= 0.3 is 0 Å². The Bertz CT molecular complexity index is 1710. The van der Waals surface area contributed by atoms with Gasteiger partial charge in [0.1, 0.15) is 0 Å². The van der Waals surface area contributed by atoms with E-state index in [9.17, 15) is 0 Å². The molecule has 1 aromatic heterocycles. The molecule has 5 aliphatic carbocycles. The summed E-state index contributed by atoms with van der Waals surface area (Å²) in [5.41, 5.74) is 9.96. The topological polar surface area (TPSA) is 15.8 Å². The molecule has 4 atom stereocenters. The van der Waals surface area contributed by atoms with Gasteiger partial charge in [-0.2, -0.15) is 0 Å². The summed E-state index contributed by atoms with van der Waals surface area (Å²) < 4.78 is 0. The Kier molecular flexibility index (Phi) is 2.70. The maximum absolute atomic E-state index is 4.01. The standard InChI is InChI=1S/C33H27N/c1-2-6-21-15-27-25(14-20(21)5-1)24-10-9-23-22-7-3-4-8-26(22)33(30(23)31(24)34-27)28-12-18-11-19-13-29(33)32(28,16-18)17-19/h1-10,14-15,18-19,28-29,34H,11-13,16-17H2. The molecule has 3 bridgehead atoms. The molecule has 1 heterocycles. The Morgan fingerprint density at radius 1 is 0.676 bits per heavy atom. The van der Waals surface area contributed by atoms with Crippen LogP contribution >= 0.6 is 0 Å². The Labute approximate surface area is 199 Å². The second kappa shape index (κ2) is 5.28. The van der Waals surface area contributed by atoms with Crippen molar-refractivity contribution >= 4 is 32.6 Å². The first-order chi connectivity index (χ1) is 16.8. The van der Waals surface area contributed by atoms with Crippen molar-refractivity contribution < 1.29 is 0 Å². The third-order valence-electron chi connectivity index (χ3n) is 11.3. The normalized spacial score (nSPS) is 35.9. The van der Waals surface area contributed by atoms with Crippen molar-refractivity contribution in [2.45, 2.75) is 37.5 Å². The van der Waals surface area contributed by atoms with Crippen molar-refractivity contribution in [3.8, 4) is 11.1 Å². The zero-order chi connectivity index (χ0) is 21.8. The van der Waals surface area contributed by atoms with Gasteiger partial charge in [-0.05, 0) is 106 Å². The minimum Gasteiger partial charge on any atom is -0.354 e. The number of rotatable bonds is 0. The van der Waals surface area contributed by atoms with Crippen molar-refractivity contribution in [1.29, 1.82) is 0 Å². The lowest BCUT2D eigenvalue weighted by atomic mass is 9.38. The lowest BCUT2D eigenvalue weighted by Crippen LogP contribution is -2.62. The zero-order valence-electron chi connectivity index (χ0n) is 19.3. The third kappa shape index (κ3) is 1.62. The SMILES string of the molecule is c1ccc2c(c1)-c1ccc3c([nH]c4cc5ccccc5cc43)c1C21C2CC3CC4CC1C2(C3)C4. The van der Waals surface area contributed by atoms with Crippen molar-refractivity contribution in [3.05, 3.63) is 83.9 Å². The van der Waals surface area contributed by atoms with E-state index in [1.807, 2.05) is 0 Å². The van der Waals surface area contributed by atoms with Gasteiger partial charge < -0.3 is 4.98 Å². The molecular weight excluding hydrogens is 410 g/mol. The molecule has 0 saturated heterocycles. The van der Waals surface area contributed by atoms with Gasteiger partial charge in [-0.1, -0.05) is 60.7 Å². The fourth-order valence-corrected chi connectivity index (χ4v) is 10.8. The molecule has 4 fully saturated rings. The average molecular weight is 438 g/mol. The summed E-state index contributed by atoms with van der Waals surface area (Å²) in [5.74, 6) is 3.63. The predicted molar refractivity (Wildman–Crippen MR) is 139 cm³/mol. The van der Waals surface area contributed by atoms with Gasteiger partial charge in [0.2, 0.25) is 0 Å². The number of nitrogens with one attached hydrogen (secondary N) is 1. The molecule has 5 aromatic rings. The lowest BCUT2D eigenvalue weighted by molar-refractivity contribution is -0.0813. The molecule has 5 aliphatic rings. The monoisotopic (exact) mass is 437 g/mol. The smallest absolute Gasteiger partial charge is 0.0513 e. The van der Waals surface area contributed by atoms with E-state index in [1.165, 1.54) is 75.8 Å². The molecule has 10 rings (SSSR count). The minimum atomic E-state index is 0.232. The number of benzene rings is 4. The van der Waals surface area contributed by atoms with E-state index < -0.39 is 0 Å². The van der Waals surface area contributed by atoms with Crippen LogP contribution in [0.2, 0.25) is 0 Å². The summed E-state index contributed by atoms with van der Waals surface area (Å²) in [4.78, 5) is 4.01. The van der Waals surface area contributed by atoms with Gasteiger partial charge in [-0.15, -0.1) is 0 Å². The van der Waals surface area contributed by atoms with Crippen LogP contribution in [-0.4, -0.2) is 4.98 Å². The molecule has 0 amide bonds. The van der Waals surface area contributed by atoms with Crippen LogP contribution in [0.3, 0.4) is 0 Å². The molecule has 4 saturated carbocycles. The summed E-state index contributed by atoms with van der Waals surface area (Å²) >= 11 is 0. The van der Waals surface area contributed by atoms with Gasteiger partial charge in [0, 0.05) is 21.7 Å². The molecule has 4 unspecified atom stereocenters. The maximum Gasteiger partial charge on any atom is 0.0513 e. The van der Waals surface area contributed by atoms with Crippen molar-refractivity contribution in [2.24, 2.45) is 29.1 Å². The Morgan fingerprint density at radius 3 is 2.24 bits per heavy atom. The first kappa shape index (κ1) is 17.4. The van der Waals surface area contributed by atoms with Crippen LogP contribution in [0.15, 0.2) is 72.8 Å². The highest BCUT2D eigenvalue weighted by molar-refractivity contribution is 6.14. The van der Waals surface area contributed by atoms with Crippen LogP contribution in [0.25, 0.3) is 43.7 Å². The molecular formula is C33H27N. The highest BCUT2D eigenvalue weighted by Crippen LogP contribution is 2.85. The quantitative estimate of drug-likeness (QED) is 0.251. The van der Waals surface area contributed by atoms with Gasteiger partial charge in [0.15, 0.2) is 0 Å². The first-order valence-electron chi connectivity index (χ1n) is 13.3. The first-order valence-corrected chi connectivity index (χ1v) is 13.3.